The molecule has 0 aliphatic carbocycles. The molecule has 4 atom stereocenters. The summed E-state index contributed by atoms with van der Waals surface area (Å²) >= 11 is 1.38. The van der Waals surface area contributed by atoms with Gasteiger partial charge in [0.2, 0.25) is 0 Å². The third-order valence-corrected chi connectivity index (χ3v) is 10.3. The van der Waals surface area contributed by atoms with Gasteiger partial charge in [-0.3, -0.25) is 0 Å². The van der Waals surface area contributed by atoms with Crippen LogP contribution in [0.4, 0.5) is 0 Å². The molecule has 0 amide bonds. The van der Waals surface area contributed by atoms with E-state index in [9.17, 15) is 5.11 Å². The molecule has 2 aliphatic rings. The van der Waals surface area contributed by atoms with Crippen molar-refractivity contribution in [3.05, 3.63) is 0 Å². The van der Waals surface area contributed by atoms with E-state index < -0.39 is 0 Å². The molecule has 2 aliphatic heterocycles. The monoisotopic (exact) mass is 290 g/mol. The minimum atomic E-state index is -0.352. The molecule has 0 spiro atoms. The summed E-state index contributed by atoms with van der Waals surface area (Å²) in [4.78, 5) is 0.424. The van der Waals surface area contributed by atoms with E-state index in [2.05, 4.69) is 0 Å². The molecule has 11 heavy (non-hydrogen) atoms. The molecule has 0 radical (unpaired) electrons. The molecule has 1 N–H and O–H groups in total. The van der Waals surface area contributed by atoms with Gasteiger partial charge in [-0.25, -0.2) is 0 Å². The van der Waals surface area contributed by atoms with Gasteiger partial charge in [-0.05, 0) is 0 Å². The Bertz CT molecular complexity index is 155. The quantitative estimate of drug-likeness (QED) is 0.646. The normalized spacial score (nSPS) is 49.6. The van der Waals surface area contributed by atoms with E-state index in [4.69, 9.17) is 9.47 Å². The Morgan fingerprint density at radius 3 is 3.09 bits per heavy atom. The molecule has 2 saturated heterocycles. The molecule has 0 saturated carbocycles. The van der Waals surface area contributed by atoms with Crippen LogP contribution in [0.5, 0.6) is 0 Å². The van der Waals surface area contributed by atoms with Crippen molar-refractivity contribution in [3.63, 3.8) is 0 Å². The molecule has 0 aromatic carbocycles. The second-order valence-electron chi connectivity index (χ2n) is 2.61. The van der Waals surface area contributed by atoms with Crippen molar-refractivity contribution >= 4 is 26.3 Å². The average Bonchev–Trinajstić information content (AvgIpc) is 2.53. The van der Waals surface area contributed by atoms with Crippen LogP contribution in [0.25, 0.3) is 0 Å². The van der Waals surface area contributed by atoms with Crippen molar-refractivity contribution in [2.45, 2.75) is 28.6 Å². The zero-order valence-electron chi connectivity index (χ0n) is 6.10. The van der Waals surface area contributed by atoms with Crippen LogP contribution >= 0.6 is 0 Å². The van der Waals surface area contributed by atoms with Crippen molar-refractivity contribution in [1.82, 2.24) is 0 Å². The first-order valence-electron chi connectivity index (χ1n) is 3.47. The van der Waals surface area contributed by atoms with Crippen LogP contribution in [-0.4, -0.2) is 57.0 Å². The number of hydrogen-bond acceptors (Lipinski definition) is 3. The number of ether oxygens (including phenoxy) is 2. The molecule has 2 fully saturated rings. The molecule has 0 aromatic heterocycles. The molecule has 0 unspecified atom stereocenters. The molecule has 2 rings (SSSR count). The van der Waals surface area contributed by atoms with Gasteiger partial charge in [0.1, 0.15) is 0 Å². The summed E-state index contributed by atoms with van der Waals surface area (Å²) in [5, 5.41) is 10.8. The van der Waals surface area contributed by atoms with Crippen molar-refractivity contribution < 1.29 is 14.6 Å². The maximum absolute atomic E-state index is 9.63. The van der Waals surface area contributed by atoms with Gasteiger partial charge in [-0.2, -0.15) is 0 Å². The SMILES string of the molecule is CO[C@@H]1O[C@@H]2C[Se][Se][C@@H]2[C@H]1O. The first kappa shape index (κ1) is 8.51. The number of aliphatic hydroxyl groups is 1. The second-order valence-corrected chi connectivity index (χ2v) is 10.0. The molecular weight excluding hydrogens is 278 g/mol. The molecule has 0 aromatic rings. The fraction of sp³-hybridized carbons (Fsp3) is 1.00. The van der Waals surface area contributed by atoms with Gasteiger partial charge in [0.05, 0.1) is 0 Å². The summed E-state index contributed by atoms with van der Waals surface area (Å²) in [6.07, 6.45) is -0.382. The third kappa shape index (κ3) is 1.40. The number of aliphatic hydroxyl groups excluding tert-OH is 1. The minimum absolute atomic E-state index is 0.315. The Labute approximate surface area is 76.7 Å². The van der Waals surface area contributed by atoms with Gasteiger partial charge < -0.3 is 0 Å². The van der Waals surface area contributed by atoms with Crippen LogP contribution in [-0.2, 0) is 9.47 Å². The van der Waals surface area contributed by atoms with Crippen molar-refractivity contribution in [3.8, 4) is 0 Å². The Balaban J connectivity index is 2.04. The molecule has 64 valence electrons. The van der Waals surface area contributed by atoms with Gasteiger partial charge in [-0.15, -0.1) is 0 Å². The van der Waals surface area contributed by atoms with Gasteiger partial charge in [0.15, 0.2) is 0 Å². The van der Waals surface area contributed by atoms with Gasteiger partial charge >= 0.3 is 76.6 Å². The van der Waals surface area contributed by atoms with E-state index in [0.29, 0.717) is 24.1 Å². The molecule has 5 heteroatoms. The molecule has 0 bridgehead atoms. The van der Waals surface area contributed by atoms with E-state index in [1.807, 2.05) is 0 Å². The number of hydrogen-bond donors (Lipinski definition) is 1. The molecule has 3 nitrogen and oxygen atoms in total. The number of methoxy groups -OCH3 is 1. The van der Waals surface area contributed by atoms with Crippen molar-refractivity contribution in [2.24, 2.45) is 0 Å². The standard InChI is InChI=1S/C6H10O3Se2/c1-8-6-4(7)5-3(9-6)2-10-11-5/h3-7H,2H2,1H3/t3-,4-,5+,6-/m1/s1. The van der Waals surface area contributed by atoms with Gasteiger partial charge in [-0.1, -0.05) is 0 Å². The number of rotatable bonds is 1. The van der Waals surface area contributed by atoms with Crippen LogP contribution in [0.2, 0.25) is 10.1 Å². The van der Waals surface area contributed by atoms with Crippen LogP contribution in [0.15, 0.2) is 0 Å². The molecule has 2 heterocycles. The summed E-state index contributed by atoms with van der Waals surface area (Å²) in [5.74, 6) is 0. The first-order chi connectivity index (χ1) is 5.33. The van der Waals surface area contributed by atoms with Crippen LogP contribution in [0.1, 0.15) is 0 Å². The van der Waals surface area contributed by atoms with E-state index in [1.165, 1.54) is 5.32 Å². The predicted molar refractivity (Wildman–Crippen MR) is 41.7 cm³/mol. The second kappa shape index (κ2) is 3.35. The Morgan fingerprint density at radius 2 is 2.45 bits per heavy atom. The van der Waals surface area contributed by atoms with E-state index >= 15 is 0 Å². The summed E-state index contributed by atoms with van der Waals surface area (Å²) in [7, 11) is 1.59. The number of fused-ring (bicyclic) bond motifs is 1. The fourth-order valence-electron chi connectivity index (χ4n) is 1.34. The van der Waals surface area contributed by atoms with E-state index in [0.717, 1.165) is 13.1 Å². The zero-order chi connectivity index (χ0) is 7.84. The summed E-state index contributed by atoms with van der Waals surface area (Å²) in [5.41, 5.74) is 0. The third-order valence-electron chi connectivity index (χ3n) is 1.93. The van der Waals surface area contributed by atoms with Crippen molar-refractivity contribution in [1.29, 1.82) is 0 Å². The summed E-state index contributed by atoms with van der Waals surface area (Å²) in [6.45, 7) is 0. The van der Waals surface area contributed by atoms with Gasteiger partial charge in [0, 0.05) is 0 Å². The Hall–Kier alpha value is 0.919. The zero-order valence-corrected chi connectivity index (χ0v) is 9.52. The summed E-state index contributed by atoms with van der Waals surface area (Å²) < 4.78 is 10.5. The van der Waals surface area contributed by atoms with E-state index in [1.54, 1.807) is 7.11 Å². The first-order valence-corrected chi connectivity index (χ1v) is 10.0. The van der Waals surface area contributed by atoms with Crippen molar-refractivity contribution in [2.75, 3.05) is 7.11 Å². The van der Waals surface area contributed by atoms with Gasteiger partial charge in [0.25, 0.3) is 0 Å². The topological polar surface area (TPSA) is 38.7 Å². The predicted octanol–water partition coefficient (Wildman–Crippen LogP) is -0.738. The summed E-state index contributed by atoms with van der Waals surface area (Å²) in [6, 6.07) is 0. The molecular formula is C6H10O3Se2. The maximum atomic E-state index is 9.63. The average molecular weight is 288 g/mol. The Kier molecular flexibility index (Phi) is 2.59. The fourth-order valence-corrected chi connectivity index (χ4v) is 11.1. The van der Waals surface area contributed by atoms with Crippen LogP contribution in [0.3, 0.4) is 0 Å². The van der Waals surface area contributed by atoms with Crippen LogP contribution < -0.4 is 0 Å². The van der Waals surface area contributed by atoms with Crippen LogP contribution in [0, 0.1) is 0 Å². The van der Waals surface area contributed by atoms with E-state index in [-0.39, 0.29) is 12.4 Å². The Morgan fingerprint density at radius 1 is 1.64 bits per heavy atom.